The van der Waals surface area contributed by atoms with Crippen LogP contribution in [-0.2, 0) is 0 Å². The fourth-order valence-electron chi connectivity index (χ4n) is 7.82. The van der Waals surface area contributed by atoms with E-state index < -0.39 is 0 Å². The number of hydrogen-bond donors (Lipinski definition) is 2. The lowest BCUT2D eigenvalue weighted by molar-refractivity contribution is 0.408. The minimum Gasteiger partial charge on any atom is -0.456 e. The zero-order valence-electron chi connectivity index (χ0n) is 27.3. The summed E-state index contributed by atoms with van der Waals surface area (Å²) in [5.41, 5.74) is 7.52. The van der Waals surface area contributed by atoms with Gasteiger partial charge in [0.05, 0.1) is 0 Å². The van der Waals surface area contributed by atoms with E-state index >= 15 is 0 Å². The zero-order valence-corrected chi connectivity index (χ0v) is 28.9. The summed E-state index contributed by atoms with van der Waals surface area (Å²) in [7, 11) is 0. The number of furan rings is 1. The topological polar surface area (TPSA) is 49.6 Å². The highest BCUT2D eigenvalue weighted by Crippen LogP contribution is 2.45. The van der Waals surface area contributed by atoms with Crippen LogP contribution in [0.3, 0.4) is 0 Å². The van der Waals surface area contributed by atoms with E-state index in [1.807, 2.05) is 34.8 Å². The van der Waals surface area contributed by atoms with Gasteiger partial charge in [0.15, 0.2) is 0 Å². The first-order valence-electron chi connectivity index (χ1n) is 17.2. The average molecular weight is 692 g/mol. The van der Waals surface area contributed by atoms with E-state index in [0.29, 0.717) is 0 Å². The van der Waals surface area contributed by atoms with Gasteiger partial charge in [-0.05, 0) is 47.5 Å². The van der Waals surface area contributed by atoms with Crippen molar-refractivity contribution in [3.8, 4) is 11.1 Å². The third-order valence-corrected chi connectivity index (χ3v) is 12.5. The normalized spacial score (nSPS) is 16.4. The summed E-state index contributed by atoms with van der Waals surface area (Å²) in [5.74, 6) is 0.853. The van der Waals surface area contributed by atoms with E-state index in [0.717, 1.165) is 44.5 Å². The van der Waals surface area contributed by atoms with Gasteiger partial charge in [-0.3, -0.25) is 5.32 Å². The number of hydrogen-bond acceptors (Lipinski definition) is 6. The second-order valence-electron chi connectivity index (χ2n) is 13.1. The highest BCUT2D eigenvalue weighted by Gasteiger charge is 2.28. The molecule has 7 aromatic carbocycles. The Hall–Kier alpha value is -5.79. The molecule has 0 spiro atoms. The van der Waals surface area contributed by atoms with Crippen molar-refractivity contribution in [1.82, 2.24) is 10.6 Å². The fourth-order valence-corrected chi connectivity index (χ4v) is 10.2. The molecular formula is C45H29N3OS2. The molecule has 51 heavy (non-hydrogen) atoms. The van der Waals surface area contributed by atoms with Crippen LogP contribution in [0.15, 0.2) is 161 Å². The Morgan fingerprint density at radius 3 is 2.22 bits per heavy atom. The standard InChI is InChI=1S/C45H29N3OS2/c1-2-11-26(12-3-1)43-46-44(48-45(47-43)34-19-8-16-31-28-13-4-6-20-36(28)49-41(31)34)27-23-24-38-35(25-27)40-30(15-10-22-39(40)50-38)33-18-9-17-32-29-14-5-7-21-37(29)51-42(32)33/h1-25,43,45,47H,(H,46,48). The van der Waals surface area contributed by atoms with Crippen molar-refractivity contribution < 1.29 is 4.42 Å². The highest BCUT2D eigenvalue weighted by atomic mass is 32.1. The van der Waals surface area contributed by atoms with Crippen LogP contribution in [0.2, 0.25) is 0 Å². The molecule has 6 heteroatoms. The van der Waals surface area contributed by atoms with Crippen LogP contribution in [0, 0.1) is 0 Å². The molecule has 0 bridgehead atoms. The van der Waals surface area contributed by atoms with E-state index in [4.69, 9.17) is 9.41 Å². The van der Waals surface area contributed by atoms with Gasteiger partial charge in [0.25, 0.3) is 0 Å². The van der Waals surface area contributed by atoms with Crippen molar-refractivity contribution in [2.75, 3.05) is 0 Å². The molecule has 0 aliphatic carbocycles. The van der Waals surface area contributed by atoms with Crippen LogP contribution in [-0.4, -0.2) is 5.84 Å². The molecule has 0 radical (unpaired) electrons. The number of amidine groups is 1. The number of nitrogens with one attached hydrogen (secondary N) is 2. The maximum atomic E-state index is 6.49. The number of fused-ring (bicyclic) bond motifs is 9. The molecule has 2 atom stereocenters. The lowest BCUT2D eigenvalue weighted by Gasteiger charge is -2.32. The lowest BCUT2D eigenvalue weighted by Crippen LogP contribution is -2.45. The Labute approximate surface area is 301 Å². The smallest absolute Gasteiger partial charge is 0.142 e. The number of thiophene rings is 2. The van der Waals surface area contributed by atoms with Gasteiger partial charge in [0.2, 0.25) is 0 Å². The molecule has 0 fully saturated rings. The molecule has 11 rings (SSSR count). The summed E-state index contributed by atoms with van der Waals surface area (Å²) >= 11 is 3.74. The van der Waals surface area contributed by atoms with E-state index in [9.17, 15) is 0 Å². The molecule has 242 valence electrons. The van der Waals surface area contributed by atoms with Crippen LogP contribution in [0.5, 0.6) is 0 Å². The predicted molar refractivity (Wildman–Crippen MR) is 216 cm³/mol. The monoisotopic (exact) mass is 691 g/mol. The summed E-state index contributed by atoms with van der Waals surface area (Å²) < 4.78 is 11.7. The summed E-state index contributed by atoms with van der Waals surface area (Å²) in [6.07, 6.45) is -0.480. The number of benzene rings is 7. The third kappa shape index (κ3) is 4.58. The first-order valence-corrected chi connectivity index (χ1v) is 18.8. The van der Waals surface area contributed by atoms with Gasteiger partial charge >= 0.3 is 0 Å². The summed E-state index contributed by atoms with van der Waals surface area (Å²) in [6.45, 7) is 0. The summed E-state index contributed by atoms with van der Waals surface area (Å²) in [4.78, 5) is 5.37. The molecule has 3 aromatic heterocycles. The average Bonchev–Trinajstić information content (AvgIpc) is 3.89. The van der Waals surface area contributed by atoms with Gasteiger partial charge < -0.3 is 9.73 Å². The van der Waals surface area contributed by atoms with Crippen molar-refractivity contribution in [3.05, 3.63) is 168 Å². The van der Waals surface area contributed by atoms with Crippen LogP contribution in [0.25, 0.3) is 73.4 Å². The van der Waals surface area contributed by atoms with Gasteiger partial charge in [0.1, 0.15) is 29.3 Å². The Kier molecular flexibility index (Phi) is 6.46. The second-order valence-corrected chi connectivity index (χ2v) is 15.3. The summed E-state index contributed by atoms with van der Waals surface area (Å²) in [6, 6.07) is 54.2. The lowest BCUT2D eigenvalue weighted by atomic mass is 9.97. The van der Waals surface area contributed by atoms with Crippen molar-refractivity contribution in [1.29, 1.82) is 0 Å². The van der Waals surface area contributed by atoms with Crippen molar-refractivity contribution >= 4 is 90.8 Å². The molecule has 0 saturated heterocycles. The third-order valence-electron chi connectivity index (χ3n) is 10.2. The molecule has 10 aromatic rings. The fraction of sp³-hybridized carbons (Fsp3) is 0.0444. The van der Waals surface area contributed by atoms with E-state index in [-0.39, 0.29) is 12.3 Å². The van der Waals surface area contributed by atoms with E-state index in [1.165, 1.54) is 51.5 Å². The molecule has 4 nitrogen and oxygen atoms in total. The minimum atomic E-state index is -0.327. The number of nitrogens with zero attached hydrogens (tertiary/aromatic N) is 1. The van der Waals surface area contributed by atoms with E-state index in [2.05, 4.69) is 150 Å². The molecular weight excluding hydrogens is 663 g/mol. The molecule has 0 saturated carbocycles. The maximum Gasteiger partial charge on any atom is 0.142 e. The maximum absolute atomic E-state index is 6.49. The SMILES string of the molecule is c1ccc(C2NC(c3ccc4sc5cccc(-c6cccc7c6sc6ccccc67)c5c4c3)=NC(c3cccc4c3oc3ccccc34)N2)cc1. The Bertz CT molecular complexity index is 3010. The van der Waals surface area contributed by atoms with Crippen LogP contribution in [0.4, 0.5) is 0 Å². The van der Waals surface area contributed by atoms with Crippen LogP contribution < -0.4 is 10.6 Å². The second kappa shape index (κ2) is 11.4. The van der Waals surface area contributed by atoms with Gasteiger partial charge in [0, 0.05) is 67.8 Å². The van der Waals surface area contributed by atoms with Gasteiger partial charge in [-0.1, -0.05) is 115 Å². The predicted octanol–water partition coefficient (Wildman–Crippen LogP) is 12.3. The number of para-hydroxylation sites is 2. The first-order chi connectivity index (χ1) is 25.3. The van der Waals surface area contributed by atoms with Crippen LogP contribution >= 0.6 is 22.7 Å². The molecule has 1 aliphatic heterocycles. The van der Waals surface area contributed by atoms with Gasteiger partial charge in [-0.15, -0.1) is 22.7 Å². The van der Waals surface area contributed by atoms with Crippen LogP contribution in [0.1, 0.15) is 29.0 Å². The largest absolute Gasteiger partial charge is 0.456 e. The molecule has 1 aliphatic rings. The quantitative estimate of drug-likeness (QED) is 0.193. The Morgan fingerprint density at radius 2 is 1.27 bits per heavy atom. The molecule has 2 unspecified atom stereocenters. The minimum absolute atomic E-state index is 0.153. The first kappa shape index (κ1) is 29.0. The van der Waals surface area contributed by atoms with Gasteiger partial charge in [-0.25, -0.2) is 4.99 Å². The van der Waals surface area contributed by atoms with Gasteiger partial charge in [-0.2, -0.15) is 0 Å². The molecule has 2 N–H and O–H groups in total. The number of aliphatic imine (C=N–C) groups is 1. The van der Waals surface area contributed by atoms with Crippen molar-refractivity contribution in [2.24, 2.45) is 4.99 Å². The van der Waals surface area contributed by atoms with Crippen molar-refractivity contribution in [2.45, 2.75) is 12.3 Å². The molecule has 4 heterocycles. The Morgan fingerprint density at radius 1 is 0.549 bits per heavy atom. The van der Waals surface area contributed by atoms with E-state index in [1.54, 1.807) is 0 Å². The Balaban J connectivity index is 1.09. The number of rotatable bonds is 4. The highest BCUT2D eigenvalue weighted by molar-refractivity contribution is 7.26. The summed E-state index contributed by atoms with van der Waals surface area (Å²) in [5, 5.41) is 14.9. The zero-order chi connectivity index (χ0) is 33.5. The molecule has 0 amide bonds. The van der Waals surface area contributed by atoms with Crippen molar-refractivity contribution in [3.63, 3.8) is 0 Å².